The highest BCUT2D eigenvalue weighted by Gasteiger charge is 2.23. The van der Waals surface area contributed by atoms with Crippen molar-refractivity contribution in [2.24, 2.45) is 11.3 Å². The molecule has 0 saturated carbocycles. The average molecular weight is 170 g/mol. The summed E-state index contributed by atoms with van der Waals surface area (Å²) in [6, 6.07) is 0. The average Bonchev–Trinajstić information content (AvgIpc) is 1.85. The fourth-order valence-corrected chi connectivity index (χ4v) is 1.39. The van der Waals surface area contributed by atoms with Crippen LogP contribution in [0.3, 0.4) is 0 Å². The van der Waals surface area contributed by atoms with Gasteiger partial charge in [0.1, 0.15) is 0 Å². The van der Waals surface area contributed by atoms with Crippen molar-refractivity contribution in [3.8, 4) is 0 Å². The number of rotatable bonds is 5. The van der Waals surface area contributed by atoms with Gasteiger partial charge in [0.25, 0.3) is 0 Å². The number of carboxylic acids is 1. The number of carboxylic acid groups (broad SMARTS) is 1. The Kier molecular flexibility index (Phi) is 4.01. The molecule has 0 amide bonds. The third-order valence-electron chi connectivity index (χ3n) is 1.98. The molecular formula is C10H18O2. The highest BCUT2D eigenvalue weighted by atomic mass is 16.4. The second kappa shape index (κ2) is 4.29. The minimum atomic E-state index is -0.716. The lowest BCUT2D eigenvalue weighted by atomic mass is 9.81. The molecule has 0 aromatic heterocycles. The lowest BCUT2D eigenvalue weighted by Crippen LogP contribution is -2.20. The standard InChI is InChI=1S/C10H18O2/c1-5-6-10(3,4)7-8(2)9(11)12/h5,8H,1,6-7H2,2-4H3,(H,11,12). The summed E-state index contributed by atoms with van der Waals surface area (Å²) in [5.74, 6) is -0.980. The van der Waals surface area contributed by atoms with Crippen LogP contribution in [0.1, 0.15) is 33.6 Å². The molecule has 0 aliphatic rings. The lowest BCUT2D eigenvalue weighted by molar-refractivity contribution is -0.142. The molecule has 1 N–H and O–H groups in total. The van der Waals surface area contributed by atoms with Gasteiger partial charge in [0.15, 0.2) is 0 Å². The van der Waals surface area contributed by atoms with Crippen LogP contribution >= 0.6 is 0 Å². The van der Waals surface area contributed by atoms with Crippen LogP contribution in [-0.4, -0.2) is 11.1 Å². The van der Waals surface area contributed by atoms with Gasteiger partial charge in [0.2, 0.25) is 0 Å². The van der Waals surface area contributed by atoms with E-state index in [2.05, 4.69) is 20.4 Å². The number of hydrogen-bond donors (Lipinski definition) is 1. The van der Waals surface area contributed by atoms with E-state index >= 15 is 0 Å². The van der Waals surface area contributed by atoms with E-state index < -0.39 is 5.97 Å². The molecule has 0 bridgehead atoms. The molecule has 0 aromatic carbocycles. The number of hydrogen-bond acceptors (Lipinski definition) is 1. The first-order valence-electron chi connectivity index (χ1n) is 4.23. The largest absolute Gasteiger partial charge is 0.481 e. The molecule has 2 nitrogen and oxygen atoms in total. The van der Waals surface area contributed by atoms with Gasteiger partial charge in [0, 0.05) is 0 Å². The molecule has 0 spiro atoms. The van der Waals surface area contributed by atoms with Gasteiger partial charge in [0.05, 0.1) is 5.92 Å². The molecule has 70 valence electrons. The van der Waals surface area contributed by atoms with Gasteiger partial charge in [-0.05, 0) is 18.3 Å². The Morgan fingerprint density at radius 2 is 2.17 bits per heavy atom. The minimum absolute atomic E-state index is 0.0551. The minimum Gasteiger partial charge on any atom is -0.481 e. The van der Waals surface area contributed by atoms with Gasteiger partial charge in [-0.3, -0.25) is 4.79 Å². The maximum Gasteiger partial charge on any atom is 0.306 e. The molecule has 0 heterocycles. The summed E-state index contributed by atoms with van der Waals surface area (Å²) in [6.45, 7) is 9.52. The molecule has 12 heavy (non-hydrogen) atoms. The topological polar surface area (TPSA) is 37.3 Å². The van der Waals surface area contributed by atoms with Crippen molar-refractivity contribution in [3.05, 3.63) is 12.7 Å². The molecule has 0 aliphatic heterocycles. The molecular weight excluding hydrogens is 152 g/mol. The third-order valence-corrected chi connectivity index (χ3v) is 1.98. The Balaban J connectivity index is 4.04. The summed E-state index contributed by atoms with van der Waals surface area (Å²) in [7, 11) is 0. The summed E-state index contributed by atoms with van der Waals surface area (Å²) in [4.78, 5) is 10.6. The molecule has 0 saturated heterocycles. The van der Waals surface area contributed by atoms with Crippen molar-refractivity contribution in [3.63, 3.8) is 0 Å². The molecule has 1 atom stereocenters. The fraction of sp³-hybridized carbons (Fsp3) is 0.700. The second-order valence-corrected chi connectivity index (χ2v) is 4.10. The summed E-state index contributed by atoms with van der Waals surface area (Å²) in [5, 5.41) is 8.69. The predicted molar refractivity (Wildman–Crippen MR) is 50.0 cm³/mol. The SMILES string of the molecule is C=CCC(C)(C)CC(C)C(=O)O. The van der Waals surface area contributed by atoms with Gasteiger partial charge in [-0.15, -0.1) is 6.58 Å². The third kappa shape index (κ3) is 4.16. The van der Waals surface area contributed by atoms with Crippen molar-refractivity contribution in [1.29, 1.82) is 0 Å². The molecule has 0 aliphatic carbocycles. The van der Waals surface area contributed by atoms with Crippen LogP contribution in [0.25, 0.3) is 0 Å². The van der Waals surface area contributed by atoms with Crippen LogP contribution in [0, 0.1) is 11.3 Å². The van der Waals surface area contributed by atoms with Gasteiger partial charge < -0.3 is 5.11 Å². The first-order valence-corrected chi connectivity index (χ1v) is 4.23. The number of carbonyl (C=O) groups is 1. The van der Waals surface area contributed by atoms with Crippen LogP contribution in [0.15, 0.2) is 12.7 Å². The predicted octanol–water partition coefficient (Wildman–Crippen LogP) is 2.70. The molecule has 0 radical (unpaired) electrons. The smallest absolute Gasteiger partial charge is 0.306 e. The van der Waals surface area contributed by atoms with E-state index in [0.29, 0.717) is 6.42 Å². The van der Waals surface area contributed by atoms with E-state index in [4.69, 9.17) is 5.11 Å². The normalized spacial score (nSPS) is 13.9. The second-order valence-electron chi connectivity index (χ2n) is 4.10. The highest BCUT2D eigenvalue weighted by molar-refractivity contribution is 5.69. The number of aliphatic carboxylic acids is 1. The molecule has 0 fully saturated rings. The van der Waals surface area contributed by atoms with E-state index in [1.807, 2.05) is 6.08 Å². The van der Waals surface area contributed by atoms with Gasteiger partial charge in [-0.25, -0.2) is 0 Å². The number of allylic oxidation sites excluding steroid dienone is 1. The van der Waals surface area contributed by atoms with Crippen LogP contribution in [0.4, 0.5) is 0 Å². The van der Waals surface area contributed by atoms with Crippen LogP contribution in [0.5, 0.6) is 0 Å². The van der Waals surface area contributed by atoms with Gasteiger partial charge in [-0.2, -0.15) is 0 Å². The van der Waals surface area contributed by atoms with E-state index in [9.17, 15) is 4.79 Å². The van der Waals surface area contributed by atoms with Crippen LogP contribution in [-0.2, 0) is 4.79 Å². The van der Waals surface area contributed by atoms with Crippen molar-refractivity contribution in [2.45, 2.75) is 33.6 Å². The van der Waals surface area contributed by atoms with Crippen LogP contribution in [0.2, 0.25) is 0 Å². The Morgan fingerprint density at radius 3 is 2.50 bits per heavy atom. The Morgan fingerprint density at radius 1 is 1.67 bits per heavy atom. The first-order chi connectivity index (χ1) is 5.39. The lowest BCUT2D eigenvalue weighted by Gasteiger charge is -2.24. The highest BCUT2D eigenvalue weighted by Crippen LogP contribution is 2.29. The van der Waals surface area contributed by atoms with Crippen molar-refractivity contribution >= 4 is 5.97 Å². The summed E-state index contributed by atoms with van der Waals surface area (Å²) in [5.41, 5.74) is 0.0551. The zero-order valence-corrected chi connectivity index (χ0v) is 8.13. The Hall–Kier alpha value is -0.790. The van der Waals surface area contributed by atoms with E-state index in [1.54, 1.807) is 6.92 Å². The Labute approximate surface area is 74.3 Å². The van der Waals surface area contributed by atoms with E-state index in [0.717, 1.165) is 6.42 Å². The quantitative estimate of drug-likeness (QED) is 0.644. The molecule has 0 rings (SSSR count). The summed E-state index contributed by atoms with van der Waals surface area (Å²) >= 11 is 0. The zero-order valence-electron chi connectivity index (χ0n) is 8.13. The van der Waals surface area contributed by atoms with E-state index in [-0.39, 0.29) is 11.3 Å². The van der Waals surface area contributed by atoms with Gasteiger partial charge >= 0.3 is 5.97 Å². The maximum absolute atomic E-state index is 10.6. The van der Waals surface area contributed by atoms with E-state index in [1.165, 1.54) is 0 Å². The maximum atomic E-state index is 10.6. The zero-order chi connectivity index (χ0) is 9.78. The van der Waals surface area contributed by atoms with Crippen molar-refractivity contribution in [1.82, 2.24) is 0 Å². The molecule has 1 unspecified atom stereocenters. The first kappa shape index (κ1) is 11.2. The molecule has 2 heteroatoms. The monoisotopic (exact) mass is 170 g/mol. The van der Waals surface area contributed by atoms with Crippen molar-refractivity contribution < 1.29 is 9.90 Å². The summed E-state index contributed by atoms with van der Waals surface area (Å²) in [6.07, 6.45) is 3.41. The summed E-state index contributed by atoms with van der Waals surface area (Å²) < 4.78 is 0. The fourth-order valence-electron chi connectivity index (χ4n) is 1.39. The van der Waals surface area contributed by atoms with Crippen LogP contribution < -0.4 is 0 Å². The Bertz CT molecular complexity index is 171. The van der Waals surface area contributed by atoms with Crippen molar-refractivity contribution in [2.75, 3.05) is 0 Å². The van der Waals surface area contributed by atoms with Gasteiger partial charge in [-0.1, -0.05) is 26.8 Å². The molecule has 0 aromatic rings.